The fraction of sp³-hybridized carbons (Fsp3) is 0.600. The van der Waals surface area contributed by atoms with Crippen LogP contribution in [0.1, 0.15) is 51.0 Å². The normalized spacial score (nSPS) is 20.4. The zero-order chi connectivity index (χ0) is 12.3. The molecule has 17 heavy (non-hydrogen) atoms. The van der Waals surface area contributed by atoms with Gasteiger partial charge in [-0.1, -0.05) is 50.8 Å². The van der Waals surface area contributed by atoms with E-state index in [0.717, 1.165) is 0 Å². The molecule has 94 valence electrons. The molecule has 0 spiro atoms. The van der Waals surface area contributed by atoms with Crippen LogP contribution in [0, 0.1) is 11.7 Å². The number of benzene rings is 1. The first-order chi connectivity index (χ1) is 8.15. The molecule has 1 nitrogen and oxygen atoms in total. The Morgan fingerprint density at radius 1 is 1.29 bits per heavy atom. The van der Waals surface area contributed by atoms with E-state index in [1.54, 1.807) is 18.2 Å². The average molecular weight is 236 g/mol. The maximum Gasteiger partial charge on any atom is 0.129 e. The first-order valence-electron chi connectivity index (χ1n) is 6.63. The molecule has 1 N–H and O–H groups in total. The van der Waals surface area contributed by atoms with Crippen LogP contribution < -0.4 is 0 Å². The molecule has 0 aromatic heterocycles. The van der Waals surface area contributed by atoms with Gasteiger partial charge in [-0.05, 0) is 24.8 Å². The van der Waals surface area contributed by atoms with Crippen LogP contribution in [0.15, 0.2) is 24.3 Å². The Balaban J connectivity index is 2.20. The molecule has 0 aliphatic heterocycles. The van der Waals surface area contributed by atoms with Crippen molar-refractivity contribution in [1.29, 1.82) is 0 Å². The molecular formula is C15H21FO. The van der Waals surface area contributed by atoms with E-state index in [-0.39, 0.29) is 5.82 Å². The fourth-order valence-electron chi connectivity index (χ4n) is 2.98. The zero-order valence-electron chi connectivity index (χ0n) is 10.5. The summed E-state index contributed by atoms with van der Waals surface area (Å²) in [6.45, 7) is 1.93. The van der Waals surface area contributed by atoms with Crippen LogP contribution in [0.4, 0.5) is 4.39 Å². The number of rotatable bonds is 4. The monoisotopic (exact) mass is 236 g/mol. The average Bonchev–Trinajstić information content (AvgIpc) is 2.82. The Labute approximate surface area is 103 Å². The molecule has 1 unspecified atom stereocenters. The van der Waals surface area contributed by atoms with Gasteiger partial charge < -0.3 is 5.11 Å². The lowest BCUT2D eigenvalue weighted by atomic mass is 9.81. The summed E-state index contributed by atoms with van der Waals surface area (Å²) in [5.41, 5.74) is -0.519. The van der Waals surface area contributed by atoms with Crippen molar-refractivity contribution in [3.05, 3.63) is 35.6 Å². The molecule has 1 aliphatic rings. The van der Waals surface area contributed by atoms with E-state index in [1.807, 2.05) is 6.92 Å². The molecule has 2 rings (SSSR count). The summed E-state index contributed by atoms with van der Waals surface area (Å²) in [5.74, 6) is 0.273. The second kappa shape index (κ2) is 5.18. The molecule has 1 aliphatic carbocycles. The quantitative estimate of drug-likeness (QED) is 0.837. The predicted octanol–water partition coefficient (Wildman–Crippen LogP) is 4.00. The summed E-state index contributed by atoms with van der Waals surface area (Å²) < 4.78 is 13.8. The minimum atomic E-state index is -0.986. The number of hydrogen-bond acceptors (Lipinski definition) is 1. The van der Waals surface area contributed by atoms with Crippen LogP contribution in [-0.4, -0.2) is 5.11 Å². The van der Waals surface area contributed by atoms with Crippen molar-refractivity contribution < 1.29 is 9.50 Å². The lowest BCUT2D eigenvalue weighted by Crippen LogP contribution is -2.28. The van der Waals surface area contributed by atoms with Crippen LogP contribution in [-0.2, 0) is 5.60 Å². The highest BCUT2D eigenvalue weighted by atomic mass is 19.1. The maximum absolute atomic E-state index is 13.8. The molecule has 2 heteroatoms. The number of aliphatic hydroxyl groups is 1. The molecule has 0 bridgehead atoms. The van der Waals surface area contributed by atoms with E-state index in [2.05, 4.69) is 0 Å². The van der Waals surface area contributed by atoms with Crippen molar-refractivity contribution in [1.82, 2.24) is 0 Å². The van der Waals surface area contributed by atoms with Crippen molar-refractivity contribution in [2.75, 3.05) is 0 Å². The summed E-state index contributed by atoms with van der Waals surface area (Å²) in [6.07, 6.45) is 6.13. The Morgan fingerprint density at radius 2 is 1.94 bits per heavy atom. The highest BCUT2D eigenvalue weighted by Gasteiger charge is 2.33. The first kappa shape index (κ1) is 12.6. The standard InChI is InChI=1S/C15H21FO/c1-2-15(17,11-12-7-3-4-8-12)13-9-5-6-10-14(13)16/h5-6,9-10,12,17H,2-4,7-8,11H2,1H3. The van der Waals surface area contributed by atoms with E-state index in [4.69, 9.17) is 0 Å². The lowest BCUT2D eigenvalue weighted by molar-refractivity contribution is 0.00447. The Hall–Kier alpha value is -0.890. The van der Waals surface area contributed by atoms with Crippen molar-refractivity contribution >= 4 is 0 Å². The molecule has 0 saturated heterocycles. The van der Waals surface area contributed by atoms with Crippen LogP contribution in [0.5, 0.6) is 0 Å². The Kier molecular flexibility index (Phi) is 3.82. The Bertz CT molecular complexity index is 371. The highest BCUT2D eigenvalue weighted by Crippen LogP contribution is 2.39. The predicted molar refractivity (Wildman–Crippen MR) is 67.2 cm³/mol. The topological polar surface area (TPSA) is 20.2 Å². The van der Waals surface area contributed by atoms with E-state index < -0.39 is 5.60 Å². The minimum Gasteiger partial charge on any atom is -0.385 e. The summed E-state index contributed by atoms with van der Waals surface area (Å²) in [4.78, 5) is 0. The largest absolute Gasteiger partial charge is 0.385 e. The third-order valence-electron chi connectivity index (χ3n) is 4.06. The number of halogens is 1. The van der Waals surface area contributed by atoms with Gasteiger partial charge in [-0.3, -0.25) is 0 Å². The van der Waals surface area contributed by atoms with Crippen molar-refractivity contribution in [2.24, 2.45) is 5.92 Å². The van der Waals surface area contributed by atoms with Gasteiger partial charge >= 0.3 is 0 Å². The van der Waals surface area contributed by atoms with Gasteiger partial charge in [-0.25, -0.2) is 4.39 Å². The van der Waals surface area contributed by atoms with Gasteiger partial charge in [0, 0.05) is 5.56 Å². The zero-order valence-corrected chi connectivity index (χ0v) is 10.5. The van der Waals surface area contributed by atoms with E-state index in [1.165, 1.54) is 31.7 Å². The molecule has 1 atom stereocenters. The third kappa shape index (κ3) is 2.68. The molecule has 1 aromatic rings. The van der Waals surface area contributed by atoms with Crippen LogP contribution in [0.2, 0.25) is 0 Å². The number of hydrogen-bond donors (Lipinski definition) is 1. The maximum atomic E-state index is 13.8. The highest BCUT2D eigenvalue weighted by molar-refractivity contribution is 5.24. The second-order valence-electron chi connectivity index (χ2n) is 5.22. The van der Waals surface area contributed by atoms with Gasteiger partial charge in [0.05, 0.1) is 5.60 Å². The van der Waals surface area contributed by atoms with Gasteiger partial charge in [0.1, 0.15) is 5.82 Å². The molecule has 0 amide bonds. The smallest absolute Gasteiger partial charge is 0.129 e. The van der Waals surface area contributed by atoms with Crippen LogP contribution in [0.3, 0.4) is 0 Å². The molecule has 1 aromatic carbocycles. The lowest BCUT2D eigenvalue weighted by Gasteiger charge is -2.30. The summed E-state index contributed by atoms with van der Waals surface area (Å²) in [6, 6.07) is 6.62. The third-order valence-corrected chi connectivity index (χ3v) is 4.06. The summed E-state index contributed by atoms with van der Waals surface area (Å²) in [7, 11) is 0. The van der Waals surface area contributed by atoms with Crippen molar-refractivity contribution in [2.45, 2.75) is 51.0 Å². The molecule has 1 fully saturated rings. The van der Waals surface area contributed by atoms with Gasteiger partial charge in [-0.2, -0.15) is 0 Å². The van der Waals surface area contributed by atoms with Gasteiger partial charge in [0.25, 0.3) is 0 Å². The minimum absolute atomic E-state index is 0.283. The fourth-order valence-corrected chi connectivity index (χ4v) is 2.98. The van der Waals surface area contributed by atoms with Crippen LogP contribution in [0.25, 0.3) is 0 Å². The van der Waals surface area contributed by atoms with Crippen LogP contribution >= 0.6 is 0 Å². The van der Waals surface area contributed by atoms with E-state index >= 15 is 0 Å². The SMILES string of the molecule is CCC(O)(CC1CCCC1)c1ccccc1F. The summed E-state index contributed by atoms with van der Waals surface area (Å²) in [5, 5.41) is 10.7. The van der Waals surface area contributed by atoms with Gasteiger partial charge in [-0.15, -0.1) is 0 Å². The van der Waals surface area contributed by atoms with Gasteiger partial charge in [0.15, 0.2) is 0 Å². The molecule has 0 heterocycles. The molecule has 0 radical (unpaired) electrons. The van der Waals surface area contributed by atoms with Gasteiger partial charge in [0.2, 0.25) is 0 Å². The molecule has 1 saturated carbocycles. The molecular weight excluding hydrogens is 215 g/mol. The Morgan fingerprint density at radius 3 is 2.53 bits per heavy atom. The van der Waals surface area contributed by atoms with E-state index in [0.29, 0.717) is 24.3 Å². The first-order valence-corrected chi connectivity index (χ1v) is 6.63. The van der Waals surface area contributed by atoms with Crippen molar-refractivity contribution in [3.63, 3.8) is 0 Å². The summed E-state index contributed by atoms with van der Waals surface area (Å²) >= 11 is 0. The van der Waals surface area contributed by atoms with E-state index in [9.17, 15) is 9.50 Å². The van der Waals surface area contributed by atoms with Crippen molar-refractivity contribution in [3.8, 4) is 0 Å². The second-order valence-corrected chi connectivity index (χ2v) is 5.22.